The Hall–Kier alpha value is -2.07. The van der Waals surface area contributed by atoms with Gasteiger partial charge in [-0.3, -0.25) is 0 Å². The quantitative estimate of drug-likeness (QED) is 0.820. The first-order valence-electron chi connectivity index (χ1n) is 5.69. The highest BCUT2D eigenvalue weighted by Gasteiger charge is 2.14. The van der Waals surface area contributed by atoms with Crippen LogP contribution in [-0.4, -0.2) is 0 Å². The van der Waals surface area contributed by atoms with E-state index in [1.54, 1.807) is 6.07 Å². The van der Waals surface area contributed by atoms with E-state index in [1.807, 2.05) is 0 Å². The van der Waals surface area contributed by atoms with Gasteiger partial charge in [0.1, 0.15) is 29.0 Å². The molecule has 0 atom stereocenters. The second kappa shape index (κ2) is 6.14. The summed E-state index contributed by atoms with van der Waals surface area (Å²) in [6.45, 7) is -0.459. The molecular formula is C14H7BrF4N2. The van der Waals surface area contributed by atoms with Crippen LogP contribution in [-0.2, 0) is 6.54 Å². The molecule has 1 N–H and O–H groups in total. The lowest BCUT2D eigenvalue weighted by Crippen LogP contribution is -2.08. The van der Waals surface area contributed by atoms with E-state index in [-0.39, 0.29) is 10.0 Å². The molecule has 2 aromatic carbocycles. The normalized spacial score (nSPS) is 10.3. The number of nitrogens with zero attached hydrogens (tertiary/aromatic N) is 1. The molecule has 0 saturated heterocycles. The summed E-state index contributed by atoms with van der Waals surface area (Å²) in [5.74, 6) is -3.71. The van der Waals surface area contributed by atoms with Crippen molar-refractivity contribution >= 4 is 21.6 Å². The van der Waals surface area contributed by atoms with E-state index >= 15 is 0 Å². The number of halogens is 5. The molecule has 0 spiro atoms. The second-order valence-corrected chi connectivity index (χ2v) is 5.04. The fourth-order valence-electron chi connectivity index (χ4n) is 1.72. The van der Waals surface area contributed by atoms with Gasteiger partial charge in [0.2, 0.25) is 0 Å². The van der Waals surface area contributed by atoms with E-state index in [0.29, 0.717) is 0 Å². The Morgan fingerprint density at radius 2 is 1.48 bits per heavy atom. The lowest BCUT2D eigenvalue weighted by Gasteiger charge is -2.11. The number of nitriles is 1. The topological polar surface area (TPSA) is 35.8 Å². The Bertz CT molecular complexity index is 694. The molecule has 2 rings (SSSR count). The molecule has 0 aliphatic heterocycles. The minimum atomic E-state index is -0.961. The summed E-state index contributed by atoms with van der Waals surface area (Å²) in [4.78, 5) is 0. The molecule has 0 heterocycles. The van der Waals surface area contributed by atoms with E-state index in [4.69, 9.17) is 5.26 Å². The molecule has 2 nitrogen and oxygen atoms in total. The van der Waals surface area contributed by atoms with Crippen molar-refractivity contribution in [2.75, 3.05) is 5.32 Å². The zero-order valence-electron chi connectivity index (χ0n) is 10.4. The first-order chi connectivity index (χ1) is 9.92. The zero-order chi connectivity index (χ0) is 15.6. The predicted octanol–water partition coefficient (Wildman–Crippen LogP) is 4.49. The molecule has 0 unspecified atom stereocenters. The molecule has 0 bridgehead atoms. The molecule has 0 amide bonds. The minimum Gasteiger partial charge on any atom is -0.376 e. The molecule has 0 aliphatic rings. The molecule has 0 saturated carbocycles. The Kier molecular flexibility index (Phi) is 4.48. The van der Waals surface area contributed by atoms with Gasteiger partial charge in [-0.15, -0.1) is 0 Å². The Labute approximate surface area is 126 Å². The molecule has 0 aromatic heterocycles. The van der Waals surface area contributed by atoms with Crippen molar-refractivity contribution in [2.45, 2.75) is 6.54 Å². The summed E-state index contributed by atoms with van der Waals surface area (Å²) in [6.07, 6.45) is 0. The maximum absolute atomic E-state index is 13.6. The third-order valence-corrected chi connectivity index (χ3v) is 3.18. The average Bonchev–Trinajstić information content (AvgIpc) is 2.39. The summed E-state index contributed by atoms with van der Waals surface area (Å²) < 4.78 is 54.6. The number of nitrogens with one attached hydrogen (secondary N) is 1. The van der Waals surface area contributed by atoms with Gasteiger partial charge in [-0.1, -0.05) is 15.9 Å². The number of hydrogen-bond acceptors (Lipinski definition) is 2. The van der Waals surface area contributed by atoms with Gasteiger partial charge in [-0.2, -0.15) is 5.26 Å². The first-order valence-corrected chi connectivity index (χ1v) is 6.48. The second-order valence-electron chi connectivity index (χ2n) is 4.13. The van der Waals surface area contributed by atoms with E-state index in [1.165, 1.54) is 0 Å². The summed E-state index contributed by atoms with van der Waals surface area (Å²) in [5.41, 5.74) is -1.06. The molecule has 21 heavy (non-hydrogen) atoms. The lowest BCUT2D eigenvalue weighted by atomic mass is 10.1. The van der Waals surface area contributed by atoms with Crippen molar-refractivity contribution in [1.82, 2.24) is 0 Å². The van der Waals surface area contributed by atoms with Gasteiger partial charge >= 0.3 is 0 Å². The van der Waals surface area contributed by atoms with Crippen LogP contribution in [0, 0.1) is 34.6 Å². The molecular weight excluding hydrogens is 352 g/mol. The number of rotatable bonds is 3. The fourth-order valence-corrected chi connectivity index (χ4v) is 2.13. The van der Waals surface area contributed by atoms with Crippen molar-refractivity contribution in [3.05, 3.63) is 63.1 Å². The molecule has 108 valence electrons. The van der Waals surface area contributed by atoms with Crippen LogP contribution in [0.1, 0.15) is 11.1 Å². The zero-order valence-corrected chi connectivity index (χ0v) is 11.9. The number of benzene rings is 2. The summed E-state index contributed by atoms with van der Waals surface area (Å²) >= 11 is 2.92. The van der Waals surface area contributed by atoms with Gasteiger partial charge in [0.25, 0.3) is 0 Å². The maximum Gasteiger partial charge on any atom is 0.150 e. The van der Waals surface area contributed by atoms with Gasteiger partial charge in [0, 0.05) is 16.6 Å². The van der Waals surface area contributed by atoms with Crippen LogP contribution in [0.15, 0.2) is 28.7 Å². The van der Waals surface area contributed by atoms with E-state index < -0.39 is 41.1 Å². The molecule has 0 fully saturated rings. The van der Waals surface area contributed by atoms with Crippen LogP contribution in [0.2, 0.25) is 0 Å². The van der Waals surface area contributed by atoms with E-state index in [2.05, 4.69) is 21.2 Å². The fraction of sp³-hybridized carbons (Fsp3) is 0.0714. The minimum absolute atomic E-state index is 0.172. The highest BCUT2D eigenvalue weighted by Crippen LogP contribution is 2.25. The van der Waals surface area contributed by atoms with Crippen LogP contribution in [0.25, 0.3) is 0 Å². The number of hydrogen-bond donors (Lipinski definition) is 1. The predicted molar refractivity (Wildman–Crippen MR) is 72.5 cm³/mol. The first kappa shape index (κ1) is 15.3. The Balaban J connectivity index is 2.28. The van der Waals surface area contributed by atoms with Gasteiger partial charge in [-0.25, -0.2) is 17.6 Å². The smallest absolute Gasteiger partial charge is 0.150 e. The number of anilines is 1. The maximum atomic E-state index is 13.6. The van der Waals surface area contributed by atoms with Crippen molar-refractivity contribution < 1.29 is 17.6 Å². The van der Waals surface area contributed by atoms with Crippen LogP contribution in [0.3, 0.4) is 0 Å². The standard InChI is InChI=1S/C14H7BrF4N2/c15-8-3-12(18)14(13(19)4-8)21-6-9-10(16)1-7(5-20)2-11(9)17/h1-4,21H,6H2. The van der Waals surface area contributed by atoms with Crippen LogP contribution < -0.4 is 5.32 Å². The Morgan fingerprint density at radius 1 is 0.952 bits per heavy atom. The largest absolute Gasteiger partial charge is 0.376 e. The van der Waals surface area contributed by atoms with E-state index in [9.17, 15) is 17.6 Å². The van der Waals surface area contributed by atoms with Gasteiger partial charge in [0.15, 0.2) is 0 Å². The third-order valence-electron chi connectivity index (χ3n) is 2.72. The third kappa shape index (κ3) is 3.34. The van der Waals surface area contributed by atoms with Crippen molar-refractivity contribution in [2.24, 2.45) is 0 Å². The monoisotopic (exact) mass is 358 g/mol. The van der Waals surface area contributed by atoms with Crippen LogP contribution >= 0.6 is 15.9 Å². The Morgan fingerprint density at radius 3 is 1.95 bits per heavy atom. The average molecular weight is 359 g/mol. The molecule has 7 heteroatoms. The van der Waals surface area contributed by atoms with Crippen LogP contribution in [0.5, 0.6) is 0 Å². The highest BCUT2D eigenvalue weighted by atomic mass is 79.9. The van der Waals surface area contributed by atoms with Gasteiger partial charge in [0.05, 0.1) is 11.6 Å². The summed E-state index contributed by atoms with van der Waals surface area (Å²) in [6, 6.07) is 5.37. The summed E-state index contributed by atoms with van der Waals surface area (Å²) in [5, 5.41) is 10.9. The van der Waals surface area contributed by atoms with E-state index in [0.717, 1.165) is 24.3 Å². The SMILES string of the molecule is N#Cc1cc(F)c(CNc2c(F)cc(Br)cc2F)c(F)c1. The molecule has 0 radical (unpaired) electrons. The van der Waals surface area contributed by atoms with Crippen molar-refractivity contribution in [3.8, 4) is 6.07 Å². The van der Waals surface area contributed by atoms with Gasteiger partial charge < -0.3 is 5.32 Å². The molecule has 2 aromatic rings. The van der Waals surface area contributed by atoms with Crippen LogP contribution in [0.4, 0.5) is 23.2 Å². The van der Waals surface area contributed by atoms with Crippen molar-refractivity contribution in [3.63, 3.8) is 0 Å². The summed E-state index contributed by atoms with van der Waals surface area (Å²) in [7, 11) is 0. The van der Waals surface area contributed by atoms with Gasteiger partial charge in [-0.05, 0) is 24.3 Å². The molecule has 0 aliphatic carbocycles. The van der Waals surface area contributed by atoms with Crippen molar-refractivity contribution in [1.29, 1.82) is 5.26 Å². The lowest BCUT2D eigenvalue weighted by molar-refractivity contribution is 0.555. The highest BCUT2D eigenvalue weighted by molar-refractivity contribution is 9.10.